The molecule has 23 heavy (non-hydrogen) atoms. The van der Waals surface area contributed by atoms with Crippen molar-refractivity contribution < 1.29 is 16.4 Å². The van der Waals surface area contributed by atoms with E-state index in [4.69, 9.17) is 0 Å². The molecule has 1 radical (unpaired) electrons. The van der Waals surface area contributed by atoms with Crippen LogP contribution in [-0.4, -0.2) is 16.4 Å². The summed E-state index contributed by atoms with van der Waals surface area (Å²) in [7, 11) is 0. The van der Waals surface area contributed by atoms with Gasteiger partial charge in [0.05, 0.1) is 0 Å². The largest absolute Gasteiger partial charge is 0.412 e. The van der Waals surface area contributed by atoms with E-state index in [0.717, 1.165) is 23.7 Å². The molecule has 0 aromatic heterocycles. The van der Waals surface area contributed by atoms with Crippen molar-refractivity contribution in [1.29, 1.82) is 0 Å². The van der Waals surface area contributed by atoms with Crippen LogP contribution in [0.4, 0.5) is 0 Å². The monoisotopic (exact) mass is 323 g/mol. The molecule has 0 heterocycles. The highest BCUT2D eigenvalue weighted by molar-refractivity contribution is 5.24. The Morgan fingerprint density at radius 3 is 1.61 bits per heavy atom. The minimum Gasteiger partial charge on any atom is -0.412 e. The Hall–Kier alpha value is -0.900. The van der Waals surface area contributed by atoms with Crippen LogP contribution in [0.15, 0.2) is 24.3 Å². The first kappa shape index (κ1) is 22.1. The molecule has 0 amide bonds. The lowest BCUT2D eigenvalue weighted by molar-refractivity contribution is 0.165. The van der Waals surface area contributed by atoms with Gasteiger partial charge in [0.25, 0.3) is 0 Å². The molecule has 2 saturated carbocycles. The van der Waals surface area contributed by atoms with Gasteiger partial charge in [0.1, 0.15) is 0 Å². The fourth-order valence-corrected chi connectivity index (χ4v) is 4.52. The summed E-state index contributed by atoms with van der Waals surface area (Å²) >= 11 is 0. The van der Waals surface area contributed by atoms with Gasteiger partial charge in [-0.15, -0.1) is 0 Å². The maximum absolute atomic E-state index is 2.44. The number of hydrogen-bond acceptors (Lipinski definition) is 0. The van der Waals surface area contributed by atoms with Crippen molar-refractivity contribution in [3.63, 3.8) is 0 Å². The molecule has 0 spiro atoms. The van der Waals surface area contributed by atoms with E-state index in [2.05, 4.69) is 38.1 Å². The third-order valence-corrected chi connectivity index (χ3v) is 6.05. The molecule has 1 aromatic carbocycles. The van der Waals surface area contributed by atoms with Crippen molar-refractivity contribution in [2.75, 3.05) is 0 Å². The summed E-state index contributed by atoms with van der Waals surface area (Å²) in [4.78, 5) is 0. The quantitative estimate of drug-likeness (QED) is 0.841. The summed E-state index contributed by atoms with van der Waals surface area (Å²) in [6, 6.07) is 9.29. The van der Waals surface area contributed by atoms with Crippen LogP contribution in [0, 0.1) is 24.7 Å². The summed E-state index contributed by atoms with van der Waals surface area (Å²) in [5.74, 6) is 3.94. The zero-order valence-electron chi connectivity index (χ0n) is 14.7. The van der Waals surface area contributed by atoms with Gasteiger partial charge in [-0.1, -0.05) is 49.6 Å². The topological polar surface area (TPSA) is 93.0 Å². The van der Waals surface area contributed by atoms with Crippen LogP contribution >= 0.6 is 0 Å². The van der Waals surface area contributed by atoms with E-state index in [9.17, 15) is 0 Å². The second kappa shape index (κ2) is 10.1. The van der Waals surface area contributed by atoms with Crippen LogP contribution in [-0.2, 0) is 0 Å². The molecular formula is C20H35O3. The van der Waals surface area contributed by atoms with E-state index >= 15 is 0 Å². The highest BCUT2D eigenvalue weighted by Gasteiger charge is 2.30. The average molecular weight is 323 g/mol. The SMILES string of the molecule is Cc1ccc(C2CCC(C3CCC(C)CC3)CC2)cc1.O.O.[OH]. The molecule has 3 nitrogen and oxygen atoms in total. The molecule has 5 N–H and O–H groups in total. The minimum absolute atomic E-state index is 0. The number of hydrogen-bond donors (Lipinski definition) is 1. The number of benzene rings is 1. The van der Waals surface area contributed by atoms with Crippen molar-refractivity contribution in [2.24, 2.45) is 17.8 Å². The van der Waals surface area contributed by atoms with Crippen LogP contribution in [0.2, 0.25) is 0 Å². The Balaban J connectivity index is 0.00000161. The molecular weight excluding hydrogens is 288 g/mol. The third-order valence-electron chi connectivity index (χ3n) is 6.05. The normalized spacial score (nSPS) is 30.3. The molecule has 0 aliphatic heterocycles. The first-order chi connectivity index (χ1) is 9.72. The maximum atomic E-state index is 2.44. The van der Waals surface area contributed by atoms with Crippen LogP contribution in [0.5, 0.6) is 0 Å². The summed E-state index contributed by atoms with van der Waals surface area (Å²) in [6.07, 6.45) is 11.8. The van der Waals surface area contributed by atoms with E-state index in [1.54, 1.807) is 5.56 Å². The predicted molar refractivity (Wildman–Crippen MR) is 96.2 cm³/mol. The molecule has 3 rings (SSSR count). The molecule has 2 aliphatic rings. The molecule has 2 fully saturated rings. The molecule has 133 valence electrons. The smallest absolute Gasteiger partial charge is 0.0162 e. The van der Waals surface area contributed by atoms with Crippen molar-refractivity contribution >= 4 is 0 Å². The van der Waals surface area contributed by atoms with E-state index in [-0.39, 0.29) is 16.4 Å². The van der Waals surface area contributed by atoms with Crippen molar-refractivity contribution in [2.45, 2.75) is 71.1 Å². The van der Waals surface area contributed by atoms with Gasteiger partial charge in [-0.3, -0.25) is 5.48 Å². The van der Waals surface area contributed by atoms with Crippen molar-refractivity contribution in [1.82, 2.24) is 0 Å². The van der Waals surface area contributed by atoms with Crippen LogP contribution in [0.1, 0.15) is 75.3 Å². The fraction of sp³-hybridized carbons (Fsp3) is 0.700. The Kier molecular flexibility index (Phi) is 9.67. The summed E-state index contributed by atoms with van der Waals surface area (Å²) in [5, 5.41) is 0. The number of aryl methyl sites for hydroxylation is 1. The second-order valence-electron chi connectivity index (χ2n) is 7.54. The van der Waals surface area contributed by atoms with Gasteiger partial charge in [0.15, 0.2) is 0 Å². The molecule has 0 unspecified atom stereocenters. The maximum Gasteiger partial charge on any atom is -0.0162 e. The predicted octanol–water partition coefficient (Wildman–Crippen LogP) is 4.27. The van der Waals surface area contributed by atoms with Crippen molar-refractivity contribution in [3.05, 3.63) is 35.4 Å². The average Bonchev–Trinajstić information content (AvgIpc) is 2.49. The summed E-state index contributed by atoms with van der Waals surface area (Å²) in [6.45, 7) is 4.62. The Bertz CT molecular complexity index is 413. The lowest BCUT2D eigenvalue weighted by Crippen LogP contribution is -2.24. The molecule has 0 saturated heterocycles. The molecule has 0 atom stereocenters. The third kappa shape index (κ3) is 5.59. The zero-order chi connectivity index (χ0) is 13.9. The highest BCUT2D eigenvalue weighted by atomic mass is 16.0. The van der Waals surface area contributed by atoms with E-state index < -0.39 is 0 Å². The zero-order valence-corrected chi connectivity index (χ0v) is 14.7. The van der Waals surface area contributed by atoms with Gasteiger partial charge in [-0.25, -0.2) is 0 Å². The molecule has 3 heteroatoms. The standard InChI is InChI=1S/C20H30.2H2O.HO/c1-15-3-7-17(8-4-15)19-11-13-20(14-12-19)18-9-5-16(2)6-10-18;;;/h3-4,7-8,16,18-20H,5-6,9-14H2,1-2H3;2*1H2;1H. The van der Waals surface area contributed by atoms with Gasteiger partial charge in [0, 0.05) is 0 Å². The number of rotatable bonds is 2. The Morgan fingerprint density at radius 1 is 0.696 bits per heavy atom. The Morgan fingerprint density at radius 2 is 1.13 bits per heavy atom. The summed E-state index contributed by atoms with van der Waals surface area (Å²) < 4.78 is 0. The van der Waals surface area contributed by atoms with Crippen LogP contribution in [0.3, 0.4) is 0 Å². The first-order valence-corrected chi connectivity index (χ1v) is 8.79. The van der Waals surface area contributed by atoms with Gasteiger partial charge in [0.2, 0.25) is 0 Å². The van der Waals surface area contributed by atoms with Gasteiger partial charge in [-0.05, 0) is 74.7 Å². The van der Waals surface area contributed by atoms with Crippen LogP contribution in [0.25, 0.3) is 0 Å². The second-order valence-corrected chi connectivity index (χ2v) is 7.54. The fourth-order valence-electron chi connectivity index (χ4n) is 4.52. The van der Waals surface area contributed by atoms with E-state index in [1.165, 1.54) is 56.9 Å². The summed E-state index contributed by atoms with van der Waals surface area (Å²) in [5.41, 5.74) is 2.98. The molecule has 2 aliphatic carbocycles. The highest BCUT2D eigenvalue weighted by Crippen LogP contribution is 2.43. The van der Waals surface area contributed by atoms with Crippen LogP contribution < -0.4 is 0 Å². The minimum atomic E-state index is 0. The lowest BCUT2D eigenvalue weighted by atomic mass is 9.68. The molecule has 0 bridgehead atoms. The van der Waals surface area contributed by atoms with Crippen molar-refractivity contribution in [3.8, 4) is 0 Å². The Labute approximate surface area is 141 Å². The molecule has 1 aromatic rings. The van der Waals surface area contributed by atoms with E-state index in [0.29, 0.717) is 0 Å². The first-order valence-electron chi connectivity index (χ1n) is 8.79. The van der Waals surface area contributed by atoms with E-state index in [1.807, 2.05) is 0 Å². The van der Waals surface area contributed by atoms with Gasteiger partial charge in [-0.2, -0.15) is 0 Å². The lowest BCUT2D eigenvalue weighted by Gasteiger charge is -2.37. The van der Waals surface area contributed by atoms with Gasteiger partial charge < -0.3 is 11.0 Å². The van der Waals surface area contributed by atoms with Gasteiger partial charge >= 0.3 is 0 Å².